The number of benzene rings is 3. The van der Waals surface area contributed by atoms with E-state index in [1.807, 2.05) is 12.1 Å². The first-order chi connectivity index (χ1) is 30.2. The molecule has 14 heteroatoms. The van der Waals surface area contributed by atoms with Crippen molar-refractivity contribution in [2.45, 2.75) is 78.6 Å². The molecular formula is C48H48N2O9S3. The zero-order valence-electron chi connectivity index (χ0n) is 35.1. The van der Waals surface area contributed by atoms with E-state index in [1.54, 1.807) is 66.0 Å². The largest absolute Gasteiger partial charge is 0.485 e. The number of nitrogens with zero attached hydrogens (tertiary/aromatic N) is 2. The van der Waals surface area contributed by atoms with Gasteiger partial charge < -0.3 is 18.9 Å². The molecule has 4 aliphatic rings. The summed E-state index contributed by atoms with van der Waals surface area (Å²) < 4.78 is 25.0. The molecule has 0 radical (unpaired) electrons. The number of imide groups is 2. The Morgan fingerprint density at radius 1 is 0.645 bits per heavy atom. The van der Waals surface area contributed by atoms with Crippen molar-refractivity contribution in [3.8, 4) is 43.2 Å². The summed E-state index contributed by atoms with van der Waals surface area (Å²) in [6.07, 6.45) is 8.84. The quantitative estimate of drug-likeness (QED) is 0.0697. The molecule has 6 heterocycles. The Kier molecular flexibility index (Phi) is 12.2. The molecule has 0 spiro atoms. The number of ether oxygens (including phenoxy) is 4. The second-order valence-electron chi connectivity index (χ2n) is 16.0. The molecule has 11 nitrogen and oxygen atoms in total. The lowest BCUT2D eigenvalue weighted by Gasteiger charge is -2.33. The van der Waals surface area contributed by atoms with E-state index in [9.17, 15) is 24.0 Å². The number of carbonyl (C=O) groups excluding carboxylic acids is 5. The zero-order chi connectivity index (χ0) is 43.1. The third kappa shape index (κ3) is 7.57. The molecule has 0 fully saturated rings. The minimum atomic E-state index is -0.521. The Bertz CT molecular complexity index is 2540. The summed E-state index contributed by atoms with van der Waals surface area (Å²) in [5.74, 6) is 2.05. The minimum Gasteiger partial charge on any atom is -0.485 e. The van der Waals surface area contributed by atoms with Gasteiger partial charge in [0.25, 0.3) is 23.6 Å². The van der Waals surface area contributed by atoms with Crippen LogP contribution in [0.4, 0.5) is 5.69 Å². The summed E-state index contributed by atoms with van der Waals surface area (Å²) in [6.45, 7) is 7.88. The lowest BCUT2D eigenvalue weighted by molar-refractivity contribution is -0.109. The van der Waals surface area contributed by atoms with Crippen molar-refractivity contribution in [1.29, 1.82) is 0 Å². The Balaban J connectivity index is 0.980. The number of carbonyl (C=O) groups is 5. The van der Waals surface area contributed by atoms with Crippen LogP contribution >= 0.6 is 34.4 Å². The Morgan fingerprint density at radius 3 is 1.76 bits per heavy atom. The van der Waals surface area contributed by atoms with E-state index in [2.05, 4.69) is 13.8 Å². The van der Waals surface area contributed by atoms with Crippen LogP contribution in [-0.4, -0.2) is 72.4 Å². The molecule has 9 rings (SSSR count). The number of aryl methyl sites for hydroxylation is 1. The highest BCUT2D eigenvalue weighted by molar-refractivity contribution is 8.13. The van der Waals surface area contributed by atoms with Crippen LogP contribution in [0.2, 0.25) is 0 Å². The number of hydrogen-bond acceptors (Lipinski definition) is 12. The average molecular weight is 893 g/mol. The van der Waals surface area contributed by atoms with Crippen LogP contribution in [0, 0.1) is 5.92 Å². The number of thioether (sulfide) groups is 1. The van der Waals surface area contributed by atoms with E-state index in [4.69, 9.17) is 18.9 Å². The zero-order valence-corrected chi connectivity index (χ0v) is 37.5. The third-order valence-corrected chi connectivity index (χ3v) is 15.5. The van der Waals surface area contributed by atoms with Gasteiger partial charge in [-0.05, 0) is 73.6 Å². The van der Waals surface area contributed by atoms with Gasteiger partial charge >= 0.3 is 0 Å². The van der Waals surface area contributed by atoms with Gasteiger partial charge in [-0.15, -0.1) is 22.7 Å². The molecule has 1 atom stereocenters. The number of anilines is 1. The number of unbranched alkanes of at least 4 members (excludes halogenated alkanes) is 4. The summed E-state index contributed by atoms with van der Waals surface area (Å²) >= 11 is 4.59. The Labute approximate surface area is 372 Å². The summed E-state index contributed by atoms with van der Waals surface area (Å²) in [7, 11) is 0. The topological polar surface area (TPSA) is 129 Å². The molecule has 0 saturated heterocycles. The van der Waals surface area contributed by atoms with Crippen LogP contribution in [0.3, 0.4) is 0 Å². The first-order valence-electron chi connectivity index (χ1n) is 21.6. The van der Waals surface area contributed by atoms with Gasteiger partial charge in [-0.2, -0.15) is 0 Å². The van der Waals surface area contributed by atoms with Crippen molar-refractivity contribution in [1.82, 2.24) is 4.90 Å². The molecule has 0 saturated carbocycles. The number of thiophene rings is 2. The van der Waals surface area contributed by atoms with Crippen molar-refractivity contribution < 1.29 is 42.9 Å². The Hall–Kier alpha value is -5.18. The van der Waals surface area contributed by atoms with Crippen LogP contribution in [0.5, 0.6) is 23.0 Å². The van der Waals surface area contributed by atoms with Crippen LogP contribution in [0.25, 0.3) is 31.0 Å². The number of amides is 4. The van der Waals surface area contributed by atoms with Gasteiger partial charge in [-0.1, -0.05) is 69.8 Å². The summed E-state index contributed by atoms with van der Waals surface area (Å²) in [5, 5.41) is 0.887. The van der Waals surface area contributed by atoms with Gasteiger partial charge in [0.1, 0.15) is 26.4 Å². The van der Waals surface area contributed by atoms with Crippen LogP contribution in [0.15, 0.2) is 48.5 Å². The molecule has 1 unspecified atom stereocenters. The normalized spacial score (nSPS) is 15.8. The van der Waals surface area contributed by atoms with Gasteiger partial charge in [-0.3, -0.25) is 28.9 Å². The average Bonchev–Trinajstić information content (AvgIpc) is 3.85. The highest BCUT2D eigenvalue weighted by atomic mass is 32.2. The molecule has 4 amide bonds. The molecule has 5 aromatic rings. The van der Waals surface area contributed by atoms with Gasteiger partial charge in [0.2, 0.25) is 0 Å². The van der Waals surface area contributed by atoms with Crippen molar-refractivity contribution >= 4 is 79.6 Å². The predicted octanol–water partition coefficient (Wildman–Crippen LogP) is 10.8. The molecule has 0 bridgehead atoms. The van der Waals surface area contributed by atoms with Crippen LogP contribution < -0.4 is 23.8 Å². The molecule has 3 aromatic carbocycles. The van der Waals surface area contributed by atoms with E-state index in [-0.39, 0.29) is 22.2 Å². The lowest BCUT2D eigenvalue weighted by Crippen LogP contribution is -2.44. The second-order valence-corrected chi connectivity index (χ2v) is 19.4. The lowest BCUT2D eigenvalue weighted by atomic mass is 9.85. The standard InChI is InChI=1S/C48H48N2O9S3/c1-4-6-11-28(5-2)26-49-45(52)31-17-19-33-37-34(20-18-32(36(31)37)46(49)53)48(55)50(47(33)54)30-15-13-29(14-16-30)42-40-41(59-24-23-58-40)44(62-42)43-39-38(56-21-22-57-39)35(61-43)12-9-7-8-10-25-60-27(3)51/h13-20,28H,4-12,21-26H2,1-3H3. The van der Waals surface area contributed by atoms with E-state index < -0.39 is 23.6 Å². The van der Waals surface area contributed by atoms with Gasteiger partial charge in [0.15, 0.2) is 28.1 Å². The highest BCUT2D eigenvalue weighted by Gasteiger charge is 2.41. The molecule has 0 aliphatic carbocycles. The third-order valence-electron chi connectivity index (χ3n) is 12.0. The van der Waals surface area contributed by atoms with Crippen molar-refractivity contribution in [2.75, 3.05) is 43.6 Å². The first kappa shape index (κ1) is 42.1. The fraction of sp³-hybridized carbons (Fsp3) is 0.396. The molecule has 4 aliphatic heterocycles. The van der Waals surface area contributed by atoms with Crippen molar-refractivity contribution in [3.63, 3.8) is 0 Å². The van der Waals surface area contributed by atoms with E-state index >= 15 is 0 Å². The summed E-state index contributed by atoms with van der Waals surface area (Å²) in [5.41, 5.74) is 2.42. The second kappa shape index (κ2) is 17.9. The van der Waals surface area contributed by atoms with E-state index in [0.717, 1.165) is 100 Å². The smallest absolute Gasteiger partial charge is 0.265 e. The van der Waals surface area contributed by atoms with Gasteiger partial charge in [-0.25, -0.2) is 4.90 Å². The maximum absolute atomic E-state index is 14.3. The summed E-state index contributed by atoms with van der Waals surface area (Å²) in [6, 6.07) is 13.7. The molecule has 0 N–H and O–H groups in total. The maximum atomic E-state index is 14.3. The highest BCUT2D eigenvalue weighted by Crippen LogP contribution is 2.60. The number of hydrogen-bond donors (Lipinski definition) is 0. The van der Waals surface area contributed by atoms with E-state index in [1.165, 1.54) is 21.6 Å². The maximum Gasteiger partial charge on any atom is 0.265 e. The first-order valence-corrected chi connectivity index (χ1v) is 24.2. The van der Waals surface area contributed by atoms with Crippen LogP contribution in [-0.2, 0) is 11.2 Å². The Morgan fingerprint density at radius 2 is 1.18 bits per heavy atom. The fourth-order valence-electron chi connectivity index (χ4n) is 8.83. The fourth-order valence-corrected chi connectivity index (χ4v) is 12.0. The predicted molar refractivity (Wildman–Crippen MR) is 244 cm³/mol. The molecular weight excluding hydrogens is 845 g/mol. The number of fused-ring (bicyclic) bond motifs is 2. The van der Waals surface area contributed by atoms with Crippen molar-refractivity contribution in [2.24, 2.45) is 5.92 Å². The van der Waals surface area contributed by atoms with Crippen LogP contribution in [0.1, 0.15) is 118 Å². The van der Waals surface area contributed by atoms with Gasteiger partial charge in [0, 0.05) is 52.2 Å². The number of rotatable bonds is 16. The summed E-state index contributed by atoms with van der Waals surface area (Å²) in [4.78, 5) is 73.9. The van der Waals surface area contributed by atoms with Gasteiger partial charge in [0.05, 0.1) is 25.2 Å². The monoisotopic (exact) mass is 892 g/mol. The molecule has 62 heavy (non-hydrogen) atoms. The molecule has 322 valence electrons. The molecule has 2 aromatic heterocycles. The van der Waals surface area contributed by atoms with E-state index in [0.29, 0.717) is 72.1 Å². The minimum absolute atomic E-state index is 0.162. The van der Waals surface area contributed by atoms with Crippen molar-refractivity contribution in [3.05, 3.63) is 75.7 Å². The SMILES string of the molecule is CCCCC(CC)CN1C(=O)c2ccc3c4c(ccc(c24)C1=O)C(=O)N(c1ccc(-c2sc(-c4sc(CCCCCCSC(C)=O)c5c4OCCO5)c4c2OCCO4)cc1)C3=O.